The van der Waals surface area contributed by atoms with Gasteiger partial charge in [-0.1, -0.05) is 13.8 Å². The largest absolute Gasteiger partial charge is 0.383 e. The molecular weight excluding hydrogens is 218 g/mol. The van der Waals surface area contributed by atoms with E-state index in [0.717, 1.165) is 6.54 Å². The zero-order chi connectivity index (χ0) is 12.8. The van der Waals surface area contributed by atoms with E-state index in [4.69, 9.17) is 4.74 Å². The average Bonchev–Trinajstić information content (AvgIpc) is 2.29. The van der Waals surface area contributed by atoms with Crippen LogP contribution in [0.25, 0.3) is 0 Å². The van der Waals surface area contributed by atoms with Crippen LogP contribution in [-0.2, 0) is 9.53 Å². The third-order valence-electron chi connectivity index (χ3n) is 3.14. The highest BCUT2D eigenvalue weighted by Gasteiger charge is 2.25. The highest BCUT2D eigenvalue weighted by molar-refractivity contribution is 5.82. The Labute approximate surface area is 104 Å². The Morgan fingerprint density at radius 1 is 1.41 bits per heavy atom. The molecule has 1 heterocycles. The minimum atomic E-state index is -0.135. The van der Waals surface area contributed by atoms with Gasteiger partial charge in [0.1, 0.15) is 0 Å². The van der Waals surface area contributed by atoms with Crippen LogP contribution in [0.3, 0.4) is 0 Å². The van der Waals surface area contributed by atoms with Crippen LogP contribution in [0, 0.1) is 5.92 Å². The predicted molar refractivity (Wildman–Crippen MR) is 67.9 cm³/mol. The van der Waals surface area contributed by atoms with Gasteiger partial charge in [0.25, 0.3) is 0 Å². The lowest BCUT2D eigenvalue weighted by molar-refractivity contribution is -0.124. The zero-order valence-corrected chi connectivity index (χ0v) is 11.2. The third-order valence-corrected chi connectivity index (χ3v) is 3.14. The Bertz CT molecular complexity index is 238. The molecule has 1 rings (SSSR count). The minimum absolute atomic E-state index is 0.0557. The van der Waals surface area contributed by atoms with Crippen LogP contribution in [0.2, 0.25) is 0 Å². The molecule has 0 aliphatic carbocycles. The standard InChI is InChI=1S/C12H25N3O2/c1-8(2)11(7-17-4)15-12(16)10-6-13-9(3)5-14-10/h8-11,13-14H,5-7H2,1-4H3,(H,15,16). The first-order valence-corrected chi connectivity index (χ1v) is 6.30. The van der Waals surface area contributed by atoms with Crippen LogP contribution >= 0.6 is 0 Å². The number of rotatable bonds is 5. The molecule has 3 N–H and O–H groups in total. The van der Waals surface area contributed by atoms with E-state index in [-0.39, 0.29) is 18.0 Å². The van der Waals surface area contributed by atoms with Gasteiger partial charge in [-0.25, -0.2) is 0 Å². The second kappa shape index (κ2) is 6.93. The van der Waals surface area contributed by atoms with Crippen molar-refractivity contribution in [2.75, 3.05) is 26.8 Å². The van der Waals surface area contributed by atoms with Gasteiger partial charge in [0.2, 0.25) is 5.91 Å². The van der Waals surface area contributed by atoms with Gasteiger partial charge < -0.3 is 20.7 Å². The van der Waals surface area contributed by atoms with Crippen molar-refractivity contribution in [3.8, 4) is 0 Å². The van der Waals surface area contributed by atoms with Crippen molar-refractivity contribution in [3.05, 3.63) is 0 Å². The summed E-state index contributed by atoms with van der Waals surface area (Å²) in [6.07, 6.45) is 0. The smallest absolute Gasteiger partial charge is 0.238 e. The van der Waals surface area contributed by atoms with E-state index in [1.165, 1.54) is 0 Å². The van der Waals surface area contributed by atoms with Crippen LogP contribution < -0.4 is 16.0 Å². The van der Waals surface area contributed by atoms with Crippen molar-refractivity contribution in [3.63, 3.8) is 0 Å². The molecule has 17 heavy (non-hydrogen) atoms. The Morgan fingerprint density at radius 3 is 2.59 bits per heavy atom. The van der Waals surface area contributed by atoms with Crippen molar-refractivity contribution in [2.45, 2.75) is 38.9 Å². The molecule has 0 saturated carbocycles. The summed E-state index contributed by atoms with van der Waals surface area (Å²) in [5, 5.41) is 9.57. The molecule has 1 fully saturated rings. The van der Waals surface area contributed by atoms with Crippen molar-refractivity contribution >= 4 is 5.91 Å². The number of hydrogen-bond donors (Lipinski definition) is 3. The van der Waals surface area contributed by atoms with E-state index in [1.807, 2.05) is 0 Å². The fraction of sp³-hybridized carbons (Fsp3) is 0.917. The third kappa shape index (κ3) is 4.61. The van der Waals surface area contributed by atoms with Gasteiger partial charge in [0.15, 0.2) is 0 Å². The molecule has 5 nitrogen and oxygen atoms in total. The summed E-state index contributed by atoms with van der Waals surface area (Å²) >= 11 is 0. The lowest BCUT2D eigenvalue weighted by atomic mass is 10.0. The average molecular weight is 243 g/mol. The molecule has 3 atom stereocenters. The summed E-state index contributed by atoms with van der Waals surface area (Å²) in [5.41, 5.74) is 0. The fourth-order valence-corrected chi connectivity index (χ4v) is 1.83. The molecule has 1 aliphatic rings. The Balaban J connectivity index is 2.41. The first-order chi connectivity index (χ1) is 8.04. The maximum atomic E-state index is 12.0. The lowest BCUT2D eigenvalue weighted by Crippen LogP contribution is -2.60. The fourth-order valence-electron chi connectivity index (χ4n) is 1.83. The van der Waals surface area contributed by atoms with Crippen LogP contribution in [-0.4, -0.2) is 50.8 Å². The number of carbonyl (C=O) groups is 1. The van der Waals surface area contributed by atoms with Crippen molar-refractivity contribution in [2.24, 2.45) is 5.92 Å². The second-order valence-corrected chi connectivity index (χ2v) is 5.08. The monoisotopic (exact) mass is 243 g/mol. The van der Waals surface area contributed by atoms with Crippen molar-refractivity contribution < 1.29 is 9.53 Å². The quantitative estimate of drug-likeness (QED) is 0.622. The first-order valence-electron chi connectivity index (χ1n) is 6.30. The number of ether oxygens (including phenoxy) is 1. The molecule has 0 radical (unpaired) electrons. The molecule has 0 bridgehead atoms. The van der Waals surface area contributed by atoms with Crippen LogP contribution in [0.1, 0.15) is 20.8 Å². The van der Waals surface area contributed by atoms with Gasteiger partial charge >= 0.3 is 0 Å². The maximum Gasteiger partial charge on any atom is 0.238 e. The Morgan fingerprint density at radius 2 is 2.12 bits per heavy atom. The number of methoxy groups -OCH3 is 1. The Hall–Kier alpha value is -0.650. The molecular formula is C12H25N3O2. The van der Waals surface area contributed by atoms with Crippen LogP contribution in [0.15, 0.2) is 0 Å². The van der Waals surface area contributed by atoms with E-state index in [2.05, 4.69) is 36.7 Å². The number of piperazine rings is 1. The number of carbonyl (C=O) groups excluding carboxylic acids is 1. The normalized spacial score (nSPS) is 26.9. The summed E-state index contributed by atoms with van der Waals surface area (Å²) in [6.45, 7) is 8.33. The molecule has 0 aromatic carbocycles. The summed E-state index contributed by atoms with van der Waals surface area (Å²) in [7, 11) is 1.66. The molecule has 1 amide bonds. The van der Waals surface area contributed by atoms with Gasteiger partial charge in [-0.2, -0.15) is 0 Å². The maximum absolute atomic E-state index is 12.0. The topological polar surface area (TPSA) is 62.4 Å². The van der Waals surface area contributed by atoms with Gasteiger partial charge in [0.05, 0.1) is 18.7 Å². The molecule has 3 unspecified atom stereocenters. The molecule has 0 spiro atoms. The first kappa shape index (κ1) is 14.4. The Kier molecular flexibility index (Phi) is 5.88. The summed E-state index contributed by atoms with van der Waals surface area (Å²) < 4.78 is 5.12. The molecule has 1 saturated heterocycles. The van der Waals surface area contributed by atoms with E-state index in [9.17, 15) is 4.79 Å². The van der Waals surface area contributed by atoms with Gasteiger partial charge in [-0.15, -0.1) is 0 Å². The van der Waals surface area contributed by atoms with Crippen molar-refractivity contribution in [1.82, 2.24) is 16.0 Å². The second-order valence-electron chi connectivity index (χ2n) is 5.08. The summed E-state index contributed by atoms with van der Waals surface area (Å²) in [5.74, 6) is 0.425. The molecule has 0 aromatic heterocycles. The van der Waals surface area contributed by atoms with Gasteiger partial charge in [-0.3, -0.25) is 4.79 Å². The van der Waals surface area contributed by atoms with E-state index < -0.39 is 0 Å². The van der Waals surface area contributed by atoms with Crippen molar-refractivity contribution in [1.29, 1.82) is 0 Å². The lowest BCUT2D eigenvalue weighted by Gasteiger charge is -2.30. The number of amides is 1. The minimum Gasteiger partial charge on any atom is -0.383 e. The van der Waals surface area contributed by atoms with Crippen LogP contribution in [0.5, 0.6) is 0 Å². The molecule has 0 aromatic rings. The highest BCUT2D eigenvalue weighted by Crippen LogP contribution is 2.03. The van der Waals surface area contributed by atoms with Crippen LogP contribution in [0.4, 0.5) is 0 Å². The highest BCUT2D eigenvalue weighted by atomic mass is 16.5. The van der Waals surface area contributed by atoms with E-state index in [1.54, 1.807) is 7.11 Å². The van der Waals surface area contributed by atoms with E-state index >= 15 is 0 Å². The van der Waals surface area contributed by atoms with Gasteiger partial charge in [0, 0.05) is 26.2 Å². The predicted octanol–water partition coefficient (Wildman–Crippen LogP) is -0.276. The SMILES string of the molecule is COCC(NC(=O)C1CNC(C)CN1)C(C)C. The molecule has 100 valence electrons. The molecule has 1 aliphatic heterocycles. The van der Waals surface area contributed by atoms with Gasteiger partial charge in [-0.05, 0) is 12.8 Å². The summed E-state index contributed by atoms with van der Waals surface area (Å²) in [6, 6.07) is 0.372. The zero-order valence-electron chi connectivity index (χ0n) is 11.2. The number of hydrogen-bond acceptors (Lipinski definition) is 4. The van der Waals surface area contributed by atoms with E-state index in [0.29, 0.717) is 25.1 Å². The summed E-state index contributed by atoms with van der Waals surface area (Å²) in [4.78, 5) is 12.0. The number of nitrogens with one attached hydrogen (secondary N) is 3. The molecule has 5 heteroatoms.